The van der Waals surface area contributed by atoms with Gasteiger partial charge in [0.05, 0.1) is 12.3 Å². The van der Waals surface area contributed by atoms with Crippen molar-refractivity contribution in [1.82, 2.24) is 13.0 Å². The average Bonchev–Trinajstić information content (AvgIpc) is 2.87. The van der Waals surface area contributed by atoms with Crippen molar-refractivity contribution in [3.8, 4) is 0 Å². The van der Waals surface area contributed by atoms with Crippen LogP contribution in [0.4, 0.5) is 10.7 Å². The van der Waals surface area contributed by atoms with Crippen molar-refractivity contribution in [1.29, 1.82) is 0 Å². The van der Waals surface area contributed by atoms with Crippen LogP contribution in [0.3, 0.4) is 0 Å². The maximum atomic E-state index is 12.3. The zero-order valence-electron chi connectivity index (χ0n) is 13.1. The van der Waals surface area contributed by atoms with Gasteiger partial charge in [-0.15, -0.1) is 0 Å². The number of hydrazone groups is 1. The molecule has 128 valence electrons. The minimum Gasteiger partial charge on any atom is -0.277 e. The van der Waals surface area contributed by atoms with Gasteiger partial charge in [-0.3, -0.25) is 15.0 Å². The number of anilines is 1. The first kappa shape index (κ1) is 17.8. The second-order valence-electron chi connectivity index (χ2n) is 4.58. The van der Waals surface area contributed by atoms with E-state index in [9.17, 15) is 18.0 Å². The molecule has 0 unspecified atom stereocenters. The maximum absolute atomic E-state index is 12.3. The van der Waals surface area contributed by atoms with Gasteiger partial charge in [-0.05, 0) is 32.3 Å². The standard InChI is InChI=1S/C12H14N6O4S2/c1-5-17-11(19)9(12(20)18(6-2)24(17,21)22)14-15-10-8(13-4)7(3)16-23-10/h15H,5-6H2,1-3H3. The van der Waals surface area contributed by atoms with Gasteiger partial charge in [0.1, 0.15) is 5.00 Å². The smallest absolute Gasteiger partial charge is 0.277 e. The lowest BCUT2D eigenvalue weighted by molar-refractivity contribution is -0.126. The summed E-state index contributed by atoms with van der Waals surface area (Å²) in [4.78, 5) is 27.9. The van der Waals surface area contributed by atoms with E-state index in [1.807, 2.05) is 0 Å². The summed E-state index contributed by atoms with van der Waals surface area (Å²) in [5.74, 6) is -2.02. The number of carbonyl (C=O) groups excluding carboxylic acids is 2. The quantitative estimate of drug-likeness (QED) is 0.617. The van der Waals surface area contributed by atoms with E-state index in [0.29, 0.717) is 14.3 Å². The molecular formula is C12H14N6O4S2. The lowest BCUT2D eigenvalue weighted by Crippen LogP contribution is -2.60. The zero-order valence-corrected chi connectivity index (χ0v) is 14.7. The van der Waals surface area contributed by atoms with Crippen LogP contribution in [0.25, 0.3) is 4.85 Å². The number of nitrogens with one attached hydrogen (secondary N) is 1. The predicted molar refractivity (Wildman–Crippen MR) is 87.9 cm³/mol. The molecule has 0 aromatic carbocycles. The highest BCUT2D eigenvalue weighted by atomic mass is 32.2. The Labute approximate surface area is 142 Å². The Morgan fingerprint density at radius 2 is 1.79 bits per heavy atom. The summed E-state index contributed by atoms with van der Waals surface area (Å²) in [6.07, 6.45) is 0. The molecule has 2 rings (SSSR count). The summed E-state index contributed by atoms with van der Waals surface area (Å²) in [6, 6.07) is 0. The minimum absolute atomic E-state index is 0.128. The van der Waals surface area contributed by atoms with E-state index in [1.54, 1.807) is 6.92 Å². The minimum atomic E-state index is -4.19. The van der Waals surface area contributed by atoms with Gasteiger partial charge in [0.25, 0.3) is 11.8 Å². The Hall–Kier alpha value is -2.52. The van der Waals surface area contributed by atoms with Gasteiger partial charge >= 0.3 is 10.2 Å². The highest BCUT2D eigenvalue weighted by Gasteiger charge is 2.46. The van der Waals surface area contributed by atoms with E-state index in [-0.39, 0.29) is 23.8 Å². The van der Waals surface area contributed by atoms with Crippen molar-refractivity contribution in [2.75, 3.05) is 18.5 Å². The Balaban J connectivity index is 2.43. The molecule has 0 spiro atoms. The van der Waals surface area contributed by atoms with Crippen LogP contribution < -0.4 is 5.43 Å². The highest BCUT2D eigenvalue weighted by molar-refractivity contribution is 7.88. The number of hydrogen-bond donors (Lipinski definition) is 1. The molecule has 24 heavy (non-hydrogen) atoms. The number of carbonyl (C=O) groups is 2. The molecular weight excluding hydrogens is 356 g/mol. The van der Waals surface area contributed by atoms with Gasteiger partial charge in [-0.1, -0.05) is 0 Å². The van der Waals surface area contributed by atoms with Crippen molar-refractivity contribution < 1.29 is 18.0 Å². The Morgan fingerprint density at radius 1 is 1.25 bits per heavy atom. The summed E-state index contributed by atoms with van der Waals surface area (Å²) in [7, 11) is -4.19. The van der Waals surface area contributed by atoms with Gasteiger partial charge in [-0.2, -0.15) is 13.5 Å². The lowest BCUT2D eigenvalue weighted by atomic mass is 10.3. The van der Waals surface area contributed by atoms with Crippen molar-refractivity contribution in [3.63, 3.8) is 0 Å². The van der Waals surface area contributed by atoms with E-state index in [2.05, 4.69) is 19.7 Å². The predicted octanol–water partition coefficient (Wildman–Crippen LogP) is 0.726. The molecule has 10 nitrogen and oxygen atoms in total. The van der Waals surface area contributed by atoms with Crippen LogP contribution in [0.2, 0.25) is 0 Å². The summed E-state index contributed by atoms with van der Waals surface area (Å²) in [6.45, 7) is 11.4. The first-order chi connectivity index (χ1) is 11.3. The van der Waals surface area contributed by atoms with Crippen LogP contribution in [0, 0.1) is 13.5 Å². The van der Waals surface area contributed by atoms with E-state index < -0.39 is 27.7 Å². The van der Waals surface area contributed by atoms with Crippen LogP contribution in [0.15, 0.2) is 5.10 Å². The molecule has 0 aliphatic carbocycles. The van der Waals surface area contributed by atoms with Gasteiger partial charge in [0, 0.05) is 13.1 Å². The van der Waals surface area contributed by atoms with Gasteiger partial charge < -0.3 is 0 Å². The molecule has 1 N–H and O–H groups in total. The molecule has 2 amide bonds. The molecule has 2 heterocycles. The summed E-state index contributed by atoms with van der Waals surface area (Å²) < 4.78 is 29.5. The fourth-order valence-corrected chi connectivity index (χ4v) is 4.21. The number of aromatic nitrogens is 1. The van der Waals surface area contributed by atoms with E-state index in [0.717, 1.165) is 11.5 Å². The molecule has 1 aliphatic rings. The average molecular weight is 370 g/mol. The topological polar surface area (TPSA) is 116 Å². The summed E-state index contributed by atoms with van der Waals surface area (Å²) in [5, 5.41) is 4.02. The molecule has 1 aromatic heterocycles. The second kappa shape index (κ2) is 6.54. The number of aryl methyl sites for hydroxylation is 1. The summed E-state index contributed by atoms with van der Waals surface area (Å²) >= 11 is 0.955. The van der Waals surface area contributed by atoms with Gasteiger partial charge in [0.2, 0.25) is 11.4 Å². The van der Waals surface area contributed by atoms with E-state index in [1.165, 1.54) is 13.8 Å². The van der Waals surface area contributed by atoms with Crippen LogP contribution in [0.1, 0.15) is 19.5 Å². The fraction of sp³-hybridized carbons (Fsp3) is 0.417. The molecule has 0 radical (unpaired) electrons. The van der Waals surface area contributed by atoms with Crippen molar-refractivity contribution >= 4 is 50.0 Å². The van der Waals surface area contributed by atoms with Crippen molar-refractivity contribution in [2.24, 2.45) is 5.10 Å². The largest absolute Gasteiger partial charge is 0.331 e. The number of amides is 2. The van der Waals surface area contributed by atoms with Crippen LogP contribution >= 0.6 is 11.5 Å². The third-order valence-electron chi connectivity index (χ3n) is 3.20. The van der Waals surface area contributed by atoms with Crippen LogP contribution in [0.5, 0.6) is 0 Å². The van der Waals surface area contributed by atoms with Gasteiger partial charge in [0.15, 0.2) is 0 Å². The van der Waals surface area contributed by atoms with Crippen LogP contribution in [-0.2, 0) is 19.8 Å². The normalized spacial score (nSPS) is 17.0. The lowest BCUT2D eigenvalue weighted by Gasteiger charge is -2.33. The highest BCUT2D eigenvalue weighted by Crippen LogP contribution is 2.33. The molecule has 1 aromatic rings. The molecule has 0 bridgehead atoms. The molecule has 1 aliphatic heterocycles. The summed E-state index contributed by atoms with van der Waals surface area (Å²) in [5.41, 5.74) is 2.63. The number of hydrogen-bond acceptors (Lipinski definition) is 8. The third kappa shape index (κ3) is 2.72. The van der Waals surface area contributed by atoms with E-state index >= 15 is 0 Å². The number of rotatable bonds is 4. The van der Waals surface area contributed by atoms with Gasteiger partial charge in [-0.25, -0.2) is 17.8 Å². The fourth-order valence-electron chi connectivity index (χ4n) is 2.04. The maximum Gasteiger partial charge on any atom is 0.331 e. The monoisotopic (exact) mass is 370 g/mol. The molecule has 12 heteroatoms. The van der Waals surface area contributed by atoms with E-state index in [4.69, 9.17) is 6.57 Å². The SMILES string of the molecule is [C-]#[N+]c1c(C)nsc1NN=C1C(=O)N(CC)S(=O)(=O)N(CC)C1=O. The first-order valence-electron chi connectivity index (χ1n) is 6.86. The Bertz CT molecular complexity index is 835. The molecule has 1 saturated heterocycles. The molecule has 1 fully saturated rings. The molecule has 0 atom stereocenters. The first-order valence-corrected chi connectivity index (χ1v) is 9.03. The molecule has 0 saturated carbocycles. The second-order valence-corrected chi connectivity index (χ2v) is 7.13. The third-order valence-corrected chi connectivity index (χ3v) is 6.00. The Kier molecular flexibility index (Phi) is 4.86. The van der Waals surface area contributed by atoms with Crippen molar-refractivity contribution in [2.45, 2.75) is 20.8 Å². The Morgan fingerprint density at radius 3 is 2.25 bits per heavy atom. The number of nitrogens with zero attached hydrogens (tertiary/aromatic N) is 5. The van der Waals surface area contributed by atoms with Crippen molar-refractivity contribution in [3.05, 3.63) is 17.1 Å². The zero-order chi connectivity index (χ0) is 18.1. The van der Waals surface area contributed by atoms with Crippen LogP contribution in [-0.4, -0.2) is 52.0 Å².